The number of unbranched alkanes of at least 4 members (excludes halogenated alkanes) is 1. The molecule has 0 bridgehead atoms. The molecule has 1 aliphatic rings. The van der Waals surface area contributed by atoms with E-state index in [0.29, 0.717) is 18.7 Å². The second-order valence-electron chi connectivity index (χ2n) is 5.18. The molecule has 110 valence electrons. The third-order valence-corrected chi connectivity index (χ3v) is 4.83. The van der Waals surface area contributed by atoms with E-state index in [1.165, 1.54) is 7.11 Å². The van der Waals surface area contributed by atoms with Crippen LogP contribution in [0, 0.1) is 5.41 Å². The third kappa shape index (κ3) is 6.18. The van der Waals surface area contributed by atoms with Crippen LogP contribution in [0.1, 0.15) is 39.0 Å². The molecule has 5 nitrogen and oxygen atoms in total. The smallest absolute Gasteiger partial charge is 0.306 e. The van der Waals surface area contributed by atoms with Crippen LogP contribution in [0.3, 0.4) is 0 Å². The first-order valence-electron chi connectivity index (χ1n) is 6.70. The maximum atomic E-state index is 11.9. The maximum absolute atomic E-state index is 11.9. The Morgan fingerprint density at radius 1 is 1.37 bits per heavy atom. The Morgan fingerprint density at radius 2 is 2.05 bits per heavy atom. The third-order valence-electron chi connectivity index (χ3n) is 3.32. The molecule has 0 spiro atoms. The van der Waals surface area contributed by atoms with Gasteiger partial charge in [0.1, 0.15) is 5.75 Å². The van der Waals surface area contributed by atoms with E-state index in [2.05, 4.69) is 10.1 Å². The predicted molar refractivity (Wildman–Crippen MR) is 74.1 cm³/mol. The fraction of sp³-hybridized carbons (Fsp3) is 0.846. The normalized spacial score (nSPS) is 17.6. The lowest BCUT2D eigenvalue weighted by Gasteiger charge is -2.13. The Hall–Kier alpha value is -0.910. The number of hydrogen-bond acceptors (Lipinski definition) is 4. The topological polar surface area (TPSA) is 72.5 Å². The van der Waals surface area contributed by atoms with Crippen molar-refractivity contribution in [3.63, 3.8) is 0 Å². The lowest BCUT2D eigenvalue weighted by Crippen LogP contribution is -2.31. The van der Waals surface area contributed by atoms with Crippen molar-refractivity contribution < 1.29 is 18.5 Å². The van der Waals surface area contributed by atoms with Gasteiger partial charge in [0.25, 0.3) is 0 Å². The zero-order chi connectivity index (χ0) is 14.3. The van der Waals surface area contributed by atoms with E-state index in [9.17, 15) is 13.8 Å². The molecular weight excluding hydrogens is 266 g/mol. The van der Waals surface area contributed by atoms with E-state index in [1.54, 1.807) is 0 Å². The molecule has 0 aliphatic heterocycles. The Bertz CT molecular complexity index is 353. The summed E-state index contributed by atoms with van der Waals surface area (Å²) in [5.74, 6) is 0.0261. The summed E-state index contributed by atoms with van der Waals surface area (Å²) in [4.78, 5) is 22.8. The van der Waals surface area contributed by atoms with Gasteiger partial charge in [-0.1, -0.05) is 13.3 Å². The fourth-order valence-electron chi connectivity index (χ4n) is 1.92. The van der Waals surface area contributed by atoms with Crippen LogP contribution in [-0.2, 0) is 25.1 Å². The number of carbonyl (C=O) groups excluding carboxylic acids is 2. The standard InChI is InChI=1S/C13H23NO4S/c1-3-4-7-14-11(15)9-19(17)10-13(5-6-13)8-12(16)18-2/h3-10H2,1-2H3,(H,14,15). The average Bonchev–Trinajstić information content (AvgIpc) is 3.08. The van der Waals surface area contributed by atoms with E-state index in [0.717, 1.165) is 25.7 Å². The average molecular weight is 289 g/mol. The highest BCUT2D eigenvalue weighted by molar-refractivity contribution is 7.85. The minimum absolute atomic E-state index is 0.0344. The van der Waals surface area contributed by atoms with Crippen LogP contribution >= 0.6 is 0 Å². The Morgan fingerprint density at radius 3 is 2.58 bits per heavy atom. The van der Waals surface area contributed by atoms with Gasteiger partial charge in [-0.2, -0.15) is 0 Å². The molecule has 1 fully saturated rings. The van der Waals surface area contributed by atoms with E-state index >= 15 is 0 Å². The number of hydrogen-bond donors (Lipinski definition) is 1. The van der Waals surface area contributed by atoms with E-state index in [4.69, 9.17) is 0 Å². The summed E-state index contributed by atoms with van der Waals surface area (Å²) in [6.07, 6.45) is 4.06. The number of amides is 1. The van der Waals surface area contributed by atoms with Gasteiger partial charge in [-0.3, -0.25) is 13.8 Å². The second kappa shape index (κ2) is 7.62. The fourth-order valence-corrected chi connectivity index (χ4v) is 3.49. The molecule has 1 saturated carbocycles. The maximum Gasteiger partial charge on any atom is 0.306 e. The summed E-state index contributed by atoms with van der Waals surface area (Å²) in [6, 6.07) is 0. The van der Waals surface area contributed by atoms with Crippen molar-refractivity contribution in [1.29, 1.82) is 0 Å². The first-order valence-corrected chi connectivity index (χ1v) is 8.18. The minimum atomic E-state index is -1.20. The monoisotopic (exact) mass is 289 g/mol. The summed E-state index contributed by atoms with van der Waals surface area (Å²) in [7, 11) is 0.157. The molecule has 19 heavy (non-hydrogen) atoms. The van der Waals surface area contributed by atoms with Crippen molar-refractivity contribution in [3.8, 4) is 0 Å². The number of rotatable bonds is 9. The highest BCUT2D eigenvalue weighted by Crippen LogP contribution is 2.49. The van der Waals surface area contributed by atoms with Gasteiger partial charge in [-0.25, -0.2) is 0 Å². The van der Waals surface area contributed by atoms with Crippen molar-refractivity contribution in [2.24, 2.45) is 5.41 Å². The highest BCUT2D eigenvalue weighted by atomic mass is 32.2. The van der Waals surface area contributed by atoms with Gasteiger partial charge >= 0.3 is 5.97 Å². The summed E-state index contributed by atoms with van der Waals surface area (Å²) >= 11 is 0. The molecule has 1 aliphatic carbocycles. The second-order valence-corrected chi connectivity index (χ2v) is 6.64. The van der Waals surface area contributed by atoms with Gasteiger partial charge in [0.15, 0.2) is 0 Å². The molecule has 0 aromatic carbocycles. The molecular formula is C13H23NO4S. The van der Waals surface area contributed by atoms with Crippen molar-refractivity contribution in [1.82, 2.24) is 5.32 Å². The van der Waals surface area contributed by atoms with Gasteiger partial charge in [-0.15, -0.1) is 0 Å². The summed E-state index contributed by atoms with van der Waals surface area (Å²) in [5, 5.41) is 2.75. The molecule has 1 amide bonds. The zero-order valence-electron chi connectivity index (χ0n) is 11.7. The highest BCUT2D eigenvalue weighted by Gasteiger charge is 2.46. The van der Waals surface area contributed by atoms with Gasteiger partial charge in [0.2, 0.25) is 5.91 Å². The van der Waals surface area contributed by atoms with Crippen LogP contribution in [0.25, 0.3) is 0 Å². The molecule has 1 N–H and O–H groups in total. The van der Waals surface area contributed by atoms with E-state index in [1.807, 2.05) is 6.92 Å². The van der Waals surface area contributed by atoms with Gasteiger partial charge in [-0.05, 0) is 24.7 Å². The first-order chi connectivity index (χ1) is 9.01. The molecule has 0 aromatic heterocycles. The Labute approximate surface area is 116 Å². The molecule has 0 heterocycles. The zero-order valence-corrected chi connectivity index (χ0v) is 12.5. The number of methoxy groups -OCH3 is 1. The molecule has 0 saturated heterocycles. The summed E-state index contributed by atoms with van der Waals surface area (Å²) in [6.45, 7) is 2.69. The SMILES string of the molecule is CCCCNC(=O)CS(=O)CC1(CC(=O)OC)CC1. The number of nitrogens with one attached hydrogen (secondary N) is 1. The quantitative estimate of drug-likeness (QED) is 0.507. The molecule has 1 atom stereocenters. The number of esters is 1. The lowest BCUT2D eigenvalue weighted by molar-refractivity contribution is -0.141. The molecule has 0 aromatic rings. The van der Waals surface area contributed by atoms with E-state index < -0.39 is 10.8 Å². The Kier molecular flexibility index (Phi) is 6.48. The number of ether oxygens (including phenoxy) is 1. The van der Waals surface area contributed by atoms with Gasteiger partial charge in [0, 0.05) is 23.1 Å². The van der Waals surface area contributed by atoms with Crippen molar-refractivity contribution in [3.05, 3.63) is 0 Å². The molecule has 0 radical (unpaired) electrons. The minimum Gasteiger partial charge on any atom is -0.469 e. The molecule has 6 heteroatoms. The van der Waals surface area contributed by atoms with Crippen LogP contribution in [0.5, 0.6) is 0 Å². The number of carbonyl (C=O) groups is 2. The van der Waals surface area contributed by atoms with Crippen LogP contribution in [-0.4, -0.2) is 41.2 Å². The van der Waals surface area contributed by atoms with Crippen molar-refractivity contribution in [2.45, 2.75) is 39.0 Å². The summed E-state index contributed by atoms with van der Waals surface area (Å²) < 4.78 is 16.5. The first kappa shape index (κ1) is 16.1. The van der Waals surface area contributed by atoms with Crippen LogP contribution in [0.4, 0.5) is 0 Å². The van der Waals surface area contributed by atoms with Gasteiger partial charge < -0.3 is 10.1 Å². The van der Waals surface area contributed by atoms with Crippen molar-refractivity contribution in [2.75, 3.05) is 25.2 Å². The van der Waals surface area contributed by atoms with Gasteiger partial charge in [0.05, 0.1) is 13.5 Å². The molecule has 1 unspecified atom stereocenters. The lowest BCUT2D eigenvalue weighted by atomic mass is 10.1. The summed E-state index contributed by atoms with van der Waals surface area (Å²) in [5.41, 5.74) is -0.179. The van der Waals surface area contributed by atoms with Crippen LogP contribution < -0.4 is 5.32 Å². The van der Waals surface area contributed by atoms with Crippen LogP contribution in [0.2, 0.25) is 0 Å². The van der Waals surface area contributed by atoms with Crippen molar-refractivity contribution >= 4 is 22.7 Å². The van der Waals surface area contributed by atoms with E-state index in [-0.39, 0.29) is 23.0 Å². The molecule has 1 rings (SSSR count). The van der Waals surface area contributed by atoms with Crippen LogP contribution in [0.15, 0.2) is 0 Å². The predicted octanol–water partition coefficient (Wildman–Crippen LogP) is 0.995. The Balaban J connectivity index is 2.27. The largest absolute Gasteiger partial charge is 0.469 e.